The fraction of sp³-hybridized carbons (Fsp3) is 0.909. The minimum Gasteiger partial charge on any atom is -0.377 e. The van der Waals surface area contributed by atoms with Gasteiger partial charge in [0.2, 0.25) is 5.91 Å². The quantitative estimate of drug-likeness (QED) is 0.699. The highest BCUT2D eigenvalue weighted by atomic mass is 32.2. The third-order valence-corrected chi connectivity index (χ3v) is 5.50. The van der Waals surface area contributed by atoms with Crippen molar-refractivity contribution in [1.29, 1.82) is 0 Å². The van der Waals surface area contributed by atoms with E-state index in [2.05, 4.69) is 5.32 Å². The van der Waals surface area contributed by atoms with Crippen LogP contribution in [0.4, 0.5) is 0 Å². The van der Waals surface area contributed by atoms with Gasteiger partial charge in [-0.3, -0.25) is 4.79 Å². The van der Waals surface area contributed by atoms with Crippen molar-refractivity contribution in [3.8, 4) is 0 Å². The highest BCUT2D eigenvalue weighted by Crippen LogP contribution is 2.24. The van der Waals surface area contributed by atoms with Crippen LogP contribution < -0.4 is 11.1 Å². The molecule has 104 valence electrons. The number of carbonyl (C=O) groups is 1. The molecule has 0 saturated carbocycles. The number of hydrogen-bond donors (Lipinski definition) is 2. The van der Waals surface area contributed by atoms with E-state index in [1.165, 1.54) is 0 Å². The fourth-order valence-corrected chi connectivity index (χ4v) is 4.03. The Hall–Kier alpha value is -0.660. The maximum atomic E-state index is 11.6. The number of nitrogens with two attached hydrogens (primary N) is 1. The number of carbonyl (C=O) groups excluding carboxylic acids is 1. The van der Waals surface area contributed by atoms with Crippen molar-refractivity contribution < 1.29 is 17.9 Å². The zero-order chi connectivity index (χ0) is 13.2. The molecule has 0 aliphatic carbocycles. The van der Waals surface area contributed by atoms with Gasteiger partial charge in [0.05, 0.1) is 23.1 Å². The first-order valence-corrected chi connectivity index (χ1v) is 8.13. The van der Waals surface area contributed by atoms with Gasteiger partial charge in [0, 0.05) is 13.2 Å². The molecule has 0 aromatic heterocycles. The summed E-state index contributed by atoms with van der Waals surface area (Å²) in [6.07, 6.45) is 2.64. The molecule has 1 atom stereocenters. The Kier molecular flexibility index (Phi) is 3.93. The second-order valence-electron chi connectivity index (χ2n) is 5.11. The maximum Gasteiger partial charge on any atom is 0.237 e. The number of rotatable bonds is 4. The molecule has 0 radical (unpaired) electrons. The van der Waals surface area contributed by atoms with Crippen molar-refractivity contribution >= 4 is 15.7 Å². The van der Waals surface area contributed by atoms with Crippen LogP contribution in [0.15, 0.2) is 0 Å². The maximum absolute atomic E-state index is 11.6. The monoisotopic (exact) mass is 276 g/mol. The van der Waals surface area contributed by atoms with Crippen LogP contribution in [-0.4, -0.2) is 50.6 Å². The topological polar surface area (TPSA) is 98.5 Å². The minimum absolute atomic E-state index is 0.0223. The summed E-state index contributed by atoms with van der Waals surface area (Å²) < 4.78 is 28.3. The van der Waals surface area contributed by atoms with Crippen molar-refractivity contribution in [2.24, 2.45) is 5.73 Å². The van der Waals surface area contributed by atoms with E-state index in [9.17, 15) is 13.2 Å². The molecule has 18 heavy (non-hydrogen) atoms. The second kappa shape index (κ2) is 5.14. The van der Waals surface area contributed by atoms with E-state index in [-0.39, 0.29) is 30.5 Å². The van der Waals surface area contributed by atoms with E-state index in [1.54, 1.807) is 0 Å². The molecule has 6 nitrogen and oxygen atoms in total. The summed E-state index contributed by atoms with van der Waals surface area (Å²) in [6, 6.07) is 0. The summed E-state index contributed by atoms with van der Waals surface area (Å²) in [5.41, 5.74) is 4.56. The van der Waals surface area contributed by atoms with E-state index < -0.39 is 21.3 Å². The van der Waals surface area contributed by atoms with Gasteiger partial charge in [-0.05, 0) is 25.7 Å². The number of nitrogens with one attached hydrogen (secondary N) is 1. The highest BCUT2D eigenvalue weighted by molar-refractivity contribution is 7.91. The molecular formula is C11H20N2O4S. The first kappa shape index (κ1) is 13.8. The van der Waals surface area contributed by atoms with Crippen LogP contribution in [0.2, 0.25) is 0 Å². The molecule has 1 unspecified atom stereocenters. The second-order valence-corrected chi connectivity index (χ2v) is 7.42. The number of primary amides is 1. The lowest BCUT2D eigenvalue weighted by atomic mass is 9.91. The van der Waals surface area contributed by atoms with Crippen LogP contribution in [0.25, 0.3) is 0 Å². The number of sulfone groups is 1. The predicted molar refractivity (Wildman–Crippen MR) is 66.8 cm³/mol. The molecule has 0 spiro atoms. The minimum atomic E-state index is -3.00. The lowest BCUT2D eigenvalue weighted by Gasteiger charge is -2.35. The van der Waals surface area contributed by atoms with Crippen molar-refractivity contribution in [2.75, 3.05) is 24.7 Å². The number of hydrogen-bond acceptors (Lipinski definition) is 5. The van der Waals surface area contributed by atoms with E-state index in [0.717, 1.165) is 19.4 Å². The fourth-order valence-electron chi connectivity index (χ4n) is 2.51. The zero-order valence-corrected chi connectivity index (χ0v) is 11.2. The zero-order valence-electron chi connectivity index (χ0n) is 10.4. The van der Waals surface area contributed by atoms with Gasteiger partial charge in [-0.15, -0.1) is 0 Å². The average Bonchev–Trinajstić information content (AvgIpc) is 2.81. The summed E-state index contributed by atoms with van der Waals surface area (Å²) >= 11 is 0. The average molecular weight is 276 g/mol. The highest BCUT2D eigenvalue weighted by Gasteiger charge is 2.42. The molecule has 1 amide bonds. The van der Waals surface area contributed by atoms with Crippen molar-refractivity contribution in [3.05, 3.63) is 0 Å². The summed E-state index contributed by atoms with van der Waals surface area (Å²) in [6.45, 7) is 1.31. The summed E-state index contributed by atoms with van der Waals surface area (Å²) in [5.74, 6) is -0.418. The van der Waals surface area contributed by atoms with Crippen LogP contribution >= 0.6 is 0 Å². The molecule has 2 aliphatic rings. The SMILES string of the molecule is NC(=O)C1(NCC2CCCO2)CCS(=O)(=O)CC1. The van der Waals surface area contributed by atoms with E-state index in [0.29, 0.717) is 6.54 Å². The smallest absolute Gasteiger partial charge is 0.237 e. The van der Waals surface area contributed by atoms with Crippen molar-refractivity contribution in [1.82, 2.24) is 5.32 Å². The van der Waals surface area contributed by atoms with Gasteiger partial charge in [-0.1, -0.05) is 0 Å². The van der Waals surface area contributed by atoms with Gasteiger partial charge in [-0.25, -0.2) is 8.42 Å². The summed E-state index contributed by atoms with van der Waals surface area (Å²) in [7, 11) is -3.00. The summed E-state index contributed by atoms with van der Waals surface area (Å²) in [5, 5.41) is 3.15. The van der Waals surface area contributed by atoms with Gasteiger partial charge >= 0.3 is 0 Å². The van der Waals surface area contributed by atoms with Crippen LogP contribution in [0, 0.1) is 0 Å². The van der Waals surface area contributed by atoms with Crippen LogP contribution in [0.5, 0.6) is 0 Å². The van der Waals surface area contributed by atoms with Gasteiger partial charge in [0.15, 0.2) is 0 Å². The molecule has 0 bridgehead atoms. The molecule has 2 rings (SSSR count). The standard InChI is InChI=1S/C11H20N2O4S/c12-10(14)11(3-6-18(15,16)7-4-11)13-8-9-2-1-5-17-9/h9,13H,1-8H2,(H2,12,14). The van der Waals surface area contributed by atoms with Crippen LogP contribution in [0.1, 0.15) is 25.7 Å². The third-order valence-electron chi connectivity index (χ3n) is 3.84. The lowest BCUT2D eigenvalue weighted by molar-refractivity contribution is -0.125. The first-order chi connectivity index (χ1) is 8.44. The first-order valence-electron chi connectivity index (χ1n) is 6.31. The van der Waals surface area contributed by atoms with Gasteiger partial charge in [0.1, 0.15) is 9.84 Å². The normalized spacial score (nSPS) is 30.1. The molecule has 3 N–H and O–H groups in total. The molecule has 2 heterocycles. The third kappa shape index (κ3) is 3.02. The van der Waals surface area contributed by atoms with Crippen LogP contribution in [0.3, 0.4) is 0 Å². The lowest BCUT2D eigenvalue weighted by Crippen LogP contribution is -2.60. The Morgan fingerprint density at radius 2 is 2.06 bits per heavy atom. The van der Waals surface area contributed by atoms with E-state index >= 15 is 0 Å². The Balaban J connectivity index is 1.97. The molecular weight excluding hydrogens is 256 g/mol. The molecule has 0 aromatic carbocycles. The molecule has 2 saturated heterocycles. The van der Waals surface area contributed by atoms with Gasteiger partial charge in [0.25, 0.3) is 0 Å². The molecule has 0 aromatic rings. The Bertz CT molecular complexity index is 401. The Morgan fingerprint density at radius 3 is 2.56 bits per heavy atom. The number of ether oxygens (including phenoxy) is 1. The molecule has 2 fully saturated rings. The Morgan fingerprint density at radius 1 is 1.39 bits per heavy atom. The number of amides is 1. The van der Waals surface area contributed by atoms with Crippen molar-refractivity contribution in [3.63, 3.8) is 0 Å². The summed E-state index contributed by atoms with van der Waals surface area (Å²) in [4.78, 5) is 11.6. The predicted octanol–water partition coefficient (Wildman–Crippen LogP) is -0.812. The van der Waals surface area contributed by atoms with Gasteiger partial charge < -0.3 is 15.8 Å². The van der Waals surface area contributed by atoms with Crippen molar-refractivity contribution in [2.45, 2.75) is 37.3 Å². The Labute approximate surface area is 107 Å². The van der Waals surface area contributed by atoms with E-state index in [1.807, 2.05) is 0 Å². The molecule has 7 heteroatoms. The largest absolute Gasteiger partial charge is 0.377 e. The van der Waals surface area contributed by atoms with E-state index in [4.69, 9.17) is 10.5 Å². The molecule has 2 aliphatic heterocycles. The van der Waals surface area contributed by atoms with Gasteiger partial charge in [-0.2, -0.15) is 0 Å². The van der Waals surface area contributed by atoms with Crippen LogP contribution in [-0.2, 0) is 19.4 Å².